The van der Waals surface area contributed by atoms with Crippen LogP contribution in [-0.4, -0.2) is 93.2 Å². The van der Waals surface area contributed by atoms with Crippen molar-refractivity contribution in [1.29, 1.82) is 0 Å². The minimum atomic E-state index is -0.661. The number of carbonyl (C=O) groups is 3. The Morgan fingerprint density at radius 1 is 0.979 bits per heavy atom. The molecule has 1 N–H and O–H groups in total. The molecule has 2 aromatic rings. The molecule has 47 heavy (non-hydrogen) atoms. The van der Waals surface area contributed by atoms with E-state index in [9.17, 15) is 14.4 Å². The van der Waals surface area contributed by atoms with Crippen LogP contribution >= 0.6 is 0 Å². The minimum Gasteiger partial charge on any atom is -0.493 e. The summed E-state index contributed by atoms with van der Waals surface area (Å²) in [6.07, 6.45) is 0.438. The number of nitrogens with one attached hydrogen (secondary N) is 1. The maximum absolute atomic E-state index is 14.0. The van der Waals surface area contributed by atoms with E-state index in [0.717, 1.165) is 5.56 Å². The maximum Gasteiger partial charge on any atom is 0.410 e. The predicted molar refractivity (Wildman–Crippen MR) is 180 cm³/mol. The fraction of sp³-hybridized carbons (Fsp3) is 0.583. The Balaban J connectivity index is 1.77. The van der Waals surface area contributed by atoms with Gasteiger partial charge >= 0.3 is 12.2 Å². The van der Waals surface area contributed by atoms with Gasteiger partial charge < -0.3 is 38.8 Å². The quantitative estimate of drug-likeness (QED) is 0.222. The molecule has 0 aliphatic carbocycles. The number of ether oxygens (including phenoxy) is 5. The molecule has 1 aliphatic rings. The van der Waals surface area contributed by atoms with Crippen molar-refractivity contribution in [1.82, 2.24) is 15.1 Å². The highest BCUT2D eigenvalue weighted by molar-refractivity contribution is 5.95. The Hall–Kier alpha value is -3.99. The summed E-state index contributed by atoms with van der Waals surface area (Å²) in [6.45, 7) is 13.5. The number of alkyl carbamates (subject to hydrolysis) is 1. The summed E-state index contributed by atoms with van der Waals surface area (Å²) in [4.78, 5) is 43.4. The standard InChI is InChI=1S/C36H53N3O8/c1-9-30(26-14-11-10-12-15-26)37-34(41)46-24-29-22-38(35(42)47-36(4,5)6)21-28(29)23-39(25(2)3)33(40)27-16-17-31(44-8)32(20-27)45-19-13-18-43-7/h10-12,14-17,20,25,28-30H,9,13,18-19,21-24H2,1-8H3,(H,37,41)/t28-,29-,30-/m0/s1. The van der Waals surface area contributed by atoms with Crippen LogP contribution in [0.25, 0.3) is 0 Å². The average molecular weight is 656 g/mol. The van der Waals surface area contributed by atoms with Crippen molar-refractivity contribution in [3.8, 4) is 11.5 Å². The molecule has 260 valence electrons. The van der Waals surface area contributed by atoms with Crippen molar-refractivity contribution < 1.29 is 38.1 Å². The lowest BCUT2D eigenvalue weighted by Gasteiger charge is -2.31. The number of nitrogens with zero attached hydrogens (tertiary/aromatic N) is 2. The highest BCUT2D eigenvalue weighted by Crippen LogP contribution is 2.31. The summed E-state index contributed by atoms with van der Waals surface area (Å²) in [7, 11) is 3.19. The Labute approximate surface area is 279 Å². The molecular weight excluding hydrogens is 602 g/mol. The molecule has 0 aromatic heterocycles. The van der Waals surface area contributed by atoms with Gasteiger partial charge in [-0.3, -0.25) is 4.79 Å². The van der Waals surface area contributed by atoms with E-state index in [-0.39, 0.29) is 36.4 Å². The van der Waals surface area contributed by atoms with Gasteiger partial charge in [-0.15, -0.1) is 0 Å². The van der Waals surface area contributed by atoms with E-state index in [1.54, 1.807) is 42.2 Å². The molecule has 11 nitrogen and oxygen atoms in total. The van der Waals surface area contributed by atoms with Crippen LogP contribution in [0.5, 0.6) is 11.5 Å². The van der Waals surface area contributed by atoms with Crippen LogP contribution in [-0.2, 0) is 14.2 Å². The first-order valence-electron chi connectivity index (χ1n) is 16.4. The van der Waals surface area contributed by atoms with Crippen molar-refractivity contribution in [2.45, 2.75) is 72.1 Å². The zero-order valence-electron chi connectivity index (χ0n) is 29.2. The predicted octanol–water partition coefficient (Wildman–Crippen LogP) is 6.32. The van der Waals surface area contributed by atoms with E-state index >= 15 is 0 Å². The van der Waals surface area contributed by atoms with Gasteiger partial charge in [-0.2, -0.15) is 0 Å². The van der Waals surface area contributed by atoms with E-state index in [0.29, 0.717) is 62.8 Å². The molecule has 0 radical (unpaired) electrons. The third kappa shape index (κ3) is 11.3. The monoisotopic (exact) mass is 655 g/mol. The largest absolute Gasteiger partial charge is 0.493 e. The topological polar surface area (TPSA) is 116 Å². The van der Waals surface area contributed by atoms with E-state index in [1.165, 1.54) is 0 Å². The molecular formula is C36H53N3O8. The smallest absolute Gasteiger partial charge is 0.410 e. The second-order valence-corrected chi connectivity index (χ2v) is 13.1. The van der Waals surface area contributed by atoms with Gasteiger partial charge in [-0.1, -0.05) is 37.3 Å². The van der Waals surface area contributed by atoms with Crippen LogP contribution < -0.4 is 14.8 Å². The van der Waals surface area contributed by atoms with Gasteiger partial charge in [-0.25, -0.2) is 9.59 Å². The molecule has 0 spiro atoms. The lowest BCUT2D eigenvalue weighted by atomic mass is 9.95. The lowest BCUT2D eigenvalue weighted by molar-refractivity contribution is 0.0279. The number of likely N-dealkylation sites (tertiary alicyclic amines) is 1. The van der Waals surface area contributed by atoms with Gasteiger partial charge in [0.15, 0.2) is 11.5 Å². The number of rotatable bonds is 15. The average Bonchev–Trinajstić information content (AvgIpc) is 3.45. The van der Waals surface area contributed by atoms with E-state index in [4.69, 9.17) is 23.7 Å². The number of methoxy groups -OCH3 is 2. The molecule has 1 saturated heterocycles. The zero-order valence-corrected chi connectivity index (χ0v) is 29.2. The molecule has 1 fully saturated rings. The van der Waals surface area contributed by atoms with Crippen LogP contribution in [0.15, 0.2) is 48.5 Å². The van der Waals surface area contributed by atoms with Gasteiger partial charge in [-0.05, 0) is 64.8 Å². The van der Waals surface area contributed by atoms with Crippen LogP contribution in [0.4, 0.5) is 9.59 Å². The Morgan fingerprint density at radius 3 is 2.30 bits per heavy atom. The summed E-state index contributed by atoms with van der Waals surface area (Å²) in [6, 6.07) is 14.6. The minimum absolute atomic E-state index is 0.0865. The third-order valence-corrected chi connectivity index (χ3v) is 8.04. The molecule has 3 atom stereocenters. The van der Waals surface area contributed by atoms with E-state index in [1.807, 2.05) is 71.9 Å². The molecule has 0 unspecified atom stereocenters. The second kappa shape index (κ2) is 17.8. The molecule has 0 bridgehead atoms. The van der Waals surface area contributed by atoms with Crippen LogP contribution in [0.3, 0.4) is 0 Å². The molecule has 0 saturated carbocycles. The SMILES string of the molecule is CC[C@H](NC(=O)OC[C@@H]1CN(C(=O)OC(C)(C)C)C[C@H]1CN(C(=O)c1ccc(OC)c(OCCCOC)c1)C(C)C)c1ccccc1. The second-order valence-electron chi connectivity index (χ2n) is 13.1. The molecule has 3 rings (SSSR count). The van der Waals surface area contributed by atoms with Gasteiger partial charge in [0.1, 0.15) is 5.60 Å². The highest BCUT2D eigenvalue weighted by Gasteiger charge is 2.40. The fourth-order valence-electron chi connectivity index (χ4n) is 5.54. The van der Waals surface area contributed by atoms with Gasteiger partial charge in [0.05, 0.1) is 26.4 Å². The number of amides is 3. The van der Waals surface area contributed by atoms with Crippen molar-refractivity contribution in [3.05, 3.63) is 59.7 Å². The molecule has 3 amide bonds. The number of hydrogen-bond donors (Lipinski definition) is 1. The van der Waals surface area contributed by atoms with Crippen molar-refractivity contribution >= 4 is 18.1 Å². The number of carbonyl (C=O) groups excluding carboxylic acids is 3. The maximum atomic E-state index is 14.0. The summed E-state index contributed by atoms with van der Waals surface area (Å²) in [5.41, 5.74) is 0.794. The van der Waals surface area contributed by atoms with Crippen LogP contribution in [0, 0.1) is 11.8 Å². The van der Waals surface area contributed by atoms with Crippen LogP contribution in [0.2, 0.25) is 0 Å². The van der Waals surface area contributed by atoms with Gasteiger partial charge in [0, 0.05) is 63.2 Å². The van der Waals surface area contributed by atoms with E-state index < -0.39 is 17.8 Å². The Morgan fingerprint density at radius 2 is 1.68 bits per heavy atom. The van der Waals surface area contributed by atoms with Gasteiger partial charge in [0.25, 0.3) is 5.91 Å². The molecule has 2 aromatic carbocycles. The first-order valence-corrected chi connectivity index (χ1v) is 16.4. The Bertz CT molecular complexity index is 1300. The highest BCUT2D eigenvalue weighted by atomic mass is 16.6. The summed E-state index contributed by atoms with van der Waals surface area (Å²) < 4.78 is 27.9. The lowest BCUT2D eigenvalue weighted by Crippen LogP contribution is -2.43. The Kier molecular flexibility index (Phi) is 14.2. The van der Waals surface area contributed by atoms with Crippen molar-refractivity contribution in [2.24, 2.45) is 11.8 Å². The normalized spacial score (nSPS) is 16.8. The zero-order chi connectivity index (χ0) is 34.6. The summed E-state index contributed by atoms with van der Waals surface area (Å²) in [5.74, 6) is 0.460. The van der Waals surface area contributed by atoms with Crippen LogP contribution in [0.1, 0.15) is 76.3 Å². The fourth-order valence-corrected chi connectivity index (χ4v) is 5.54. The van der Waals surface area contributed by atoms with Gasteiger partial charge in [0.2, 0.25) is 0 Å². The first kappa shape index (κ1) is 37.5. The van der Waals surface area contributed by atoms with Crippen molar-refractivity contribution in [3.63, 3.8) is 0 Å². The summed E-state index contributed by atoms with van der Waals surface area (Å²) >= 11 is 0. The number of hydrogen-bond acceptors (Lipinski definition) is 8. The first-order chi connectivity index (χ1) is 22.4. The molecule has 1 heterocycles. The molecule has 11 heteroatoms. The number of benzene rings is 2. The van der Waals surface area contributed by atoms with E-state index in [2.05, 4.69) is 5.32 Å². The third-order valence-electron chi connectivity index (χ3n) is 8.04. The summed E-state index contributed by atoms with van der Waals surface area (Å²) in [5, 5.41) is 2.96. The van der Waals surface area contributed by atoms with Crippen molar-refractivity contribution in [2.75, 3.05) is 53.7 Å². The molecule has 1 aliphatic heterocycles.